The van der Waals surface area contributed by atoms with Crippen LogP contribution in [0.25, 0.3) is 10.9 Å². The normalized spacial score (nSPS) is 22.7. The molecule has 1 aliphatic carbocycles. The molecule has 0 radical (unpaired) electrons. The molecule has 1 heterocycles. The predicted molar refractivity (Wildman–Crippen MR) is 87.7 cm³/mol. The van der Waals surface area contributed by atoms with Gasteiger partial charge in [-0.25, -0.2) is 0 Å². The first-order chi connectivity index (χ1) is 10.1. The van der Waals surface area contributed by atoms with Gasteiger partial charge in [0.25, 0.3) is 0 Å². The summed E-state index contributed by atoms with van der Waals surface area (Å²) >= 11 is 0. The molecule has 3 rings (SSSR count). The third-order valence-corrected chi connectivity index (χ3v) is 4.76. The molecule has 1 saturated carbocycles. The number of ether oxygens (including phenoxy) is 1. The lowest BCUT2D eigenvalue weighted by molar-refractivity contribution is 0.117. The maximum atomic E-state index is 6.19. The fraction of sp³-hybridized carbons (Fsp3) is 0.526. The molecule has 0 saturated heterocycles. The van der Waals surface area contributed by atoms with Crippen LogP contribution in [0.3, 0.4) is 0 Å². The van der Waals surface area contributed by atoms with Crippen LogP contribution in [0.15, 0.2) is 30.3 Å². The molecule has 21 heavy (non-hydrogen) atoms. The zero-order valence-corrected chi connectivity index (χ0v) is 13.3. The Kier molecular flexibility index (Phi) is 4.14. The molecule has 2 aromatic rings. The minimum atomic E-state index is 0.385. The first-order valence-electron chi connectivity index (χ1n) is 8.16. The highest BCUT2D eigenvalue weighted by Crippen LogP contribution is 2.32. The minimum absolute atomic E-state index is 0.385. The zero-order chi connectivity index (χ0) is 14.8. The molecule has 0 bridgehead atoms. The summed E-state index contributed by atoms with van der Waals surface area (Å²) in [6.45, 7) is 6.70. The van der Waals surface area contributed by atoms with Crippen LogP contribution in [-0.4, -0.2) is 11.1 Å². The molecule has 1 aromatic heterocycles. The van der Waals surface area contributed by atoms with Crippen molar-refractivity contribution in [3.8, 4) is 5.75 Å². The van der Waals surface area contributed by atoms with Crippen molar-refractivity contribution in [2.75, 3.05) is 0 Å². The van der Waals surface area contributed by atoms with Gasteiger partial charge >= 0.3 is 0 Å². The van der Waals surface area contributed by atoms with Crippen LogP contribution in [0.5, 0.6) is 5.75 Å². The van der Waals surface area contributed by atoms with Crippen LogP contribution in [0, 0.1) is 18.8 Å². The Balaban J connectivity index is 1.67. The minimum Gasteiger partial charge on any atom is -0.490 e. The summed E-state index contributed by atoms with van der Waals surface area (Å²) in [6.07, 6.45) is 5.36. The summed E-state index contributed by atoms with van der Waals surface area (Å²) in [4.78, 5) is 4.54. The molecule has 1 fully saturated rings. The quantitative estimate of drug-likeness (QED) is 0.778. The van der Waals surface area contributed by atoms with Crippen molar-refractivity contribution in [3.63, 3.8) is 0 Å². The van der Waals surface area contributed by atoms with Gasteiger partial charge in [-0.2, -0.15) is 0 Å². The topological polar surface area (TPSA) is 22.1 Å². The van der Waals surface area contributed by atoms with Crippen molar-refractivity contribution >= 4 is 10.9 Å². The van der Waals surface area contributed by atoms with Gasteiger partial charge in [0.2, 0.25) is 0 Å². The maximum absolute atomic E-state index is 6.19. The van der Waals surface area contributed by atoms with Crippen LogP contribution in [0.1, 0.15) is 45.2 Å². The highest BCUT2D eigenvalue weighted by molar-refractivity contribution is 5.80. The van der Waals surface area contributed by atoms with E-state index in [0.29, 0.717) is 6.10 Å². The molecule has 2 heteroatoms. The van der Waals surface area contributed by atoms with Crippen molar-refractivity contribution in [1.82, 2.24) is 4.98 Å². The molecule has 1 aromatic carbocycles. The second-order valence-corrected chi connectivity index (χ2v) is 6.71. The maximum Gasteiger partial charge on any atom is 0.120 e. The number of hydrogen-bond acceptors (Lipinski definition) is 2. The Labute approximate surface area is 127 Å². The first kappa shape index (κ1) is 14.4. The molecule has 0 spiro atoms. The van der Waals surface area contributed by atoms with E-state index in [4.69, 9.17) is 4.74 Å². The van der Waals surface area contributed by atoms with E-state index in [-0.39, 0.29) is 0 Å². The van der Waals surface area contributed by atoms with Crippen LogP contribution in [0.2, 0.25) is 0 Å². The molecule has 0 amide bonds. The summed E-state index contributed by atoms with van der Waals surface area (Å²) in [5.41, 5.74) is 2.11. The summed E-state index contributed by atoms with van der Waals surface area (Å²) in [5.74, 6) is 2.68. The molecule has 1 aliphatic rings. The smallest absolute Gasteiger partial charge is 0.120 e. The molecule has 2 nitrogen and oxygen atoms in total. The number of fused-ring (bicyclic) bond motifs is 1. The second-order valence-electron chi connectivity index (χ2n) is 6.71. The molecule has 0 unspecified atom stereocenters. The number of aromatic nitrogens is 1. The van der Waals surface area contributed by atoms with Crippen molar-refractivity contribution in [3.05, 3.63) is 36.0 Å². The SMILES string of the molecule is Cc1ccc2cc(OC3CCC(C(C)C)CC3)ccc2n1. The fourth-order valence-electron chi connectivity index (χ4n) is 3.34. The van der Waals surface area contributed by atoms with Gasteiger partial charge in [0.05, 0.1) is 11.6 Å². The zero-order valence-electron chi connectivity index (χ0n) is 13.3. The average Bonchev–Trinajstić information content (AvgIpc) is 2.48. The summed E-state index contributed by atoms with van der Waals surface area (Å²) in [5, 5.41) is 1.16. The van der Waals surface area contributed by atoms with Gasteiger partial charge in [-0.05, 0) is 68.7 Å². The van der Waals surface area contributed by atoms with E-state index in [1.54, 1.807) is 0 Å². The Morgan fingerprint density at radius 2 is 1.81 bits per heavy atom. The number of nitrogens with zero attached hydrogens (tertiary/aromatic N) is 1. The van der Waals surface area contributed by atoms with Crippen molar-refractivity contribution in [1.29, 1.82) is 0 Å². The third kappa shape index (κ3) is 3.37. The van der Waals surface area contributed by atoms with Crippen LogP contribution in [0.4, 0.5) is 0 Å². The van der Waals surface area contributed by atoms with E-state index in [2.05, 4.69) is 49.2 Å². The number of benzene rings is 1. The van der Waals surface area contributed by atoms with Gasteiger partial charge in [-0.1, -0.05) is 19.9 Å². The van der Waals surface area contributed by atoms with E-state index in [0.717, 1.165) is 34.2 Å². The molecule has 0 atom stereocenters. The Hall–Kier alpha value is -1.57. The second kappa shape index (κ2) is 6.05. The van der Waals surface area contributed by atoms with Gasteiger partial charge in [0.1, 0.15) is 5.75 Å². The highest BCUT2D eigenvalue weighted by atomic mass is 16.5. The Morgan fingerprint density at radius 3 is 2.52 bits per heavy atom. The average molecular weight is 283 g/mol. The van der Waals surface area contributed by atoms with Crippen LogP contribution >= 0.6 is 0 Å². The van der Waals surface area contributed by atoms with E-state index < -0.39 is 0 Å². The van der Waals surface area contributed by atoms with Gasteiger partial charge in [-0.3, -0.25) is 4.98 Å². The lowest BCUT2D eigenvalue weighted by atomic mass is 9.80. The number of hydrogen-bond donors (Lipinski definition) is 0. The molecular formula is C19H25NO. The number of pyridine rings is 1. The molecule has 112 valence electrons. The largest absolute Gasteiger partial charge is 0.490 e. The number of aryl methyl sites for hydroxylation is 1. The van der Waals surface area contributed by atoms with Crippen molar-refractivity contribution in [2.24, 2.45) is 11.8 Å². The lowest BCUT2D eigenvalue weighted by Crippen LogP contribution is -2.26. The van der Waals surface area contributed by atoms with E-state index in [1.807, 2.05) is 6.92 Å². The van der Waals surface area contributed by atoms with E-state index in [9.17, 15) is 0 Å². The van der Waals surface area contributed by atoms with E-state index >= 15 is 0 Å². The van der Waals surface area contributed by atoms with Crippen LogP contribution < -0.4 is 4.74 Å². The summed E-state index contributed by atoms with van der Waals surface area (Å²) < 4.78 is 6.19. The molecule has 0 N–H and O–H groups in total. The summed E-state index contributed by atoms with van der Waals surface area (Å²) in [7, 11) is 0. The van der Waals surface area contributed by atoms with Gasteiger partial charge in [0, 0.05) is 11.1 Å². The Morgan fingerprint density at radius 1 is 1.05 bits per heavy atom. The van der Waals surface area contributed by atoms with Gasteiger partial charge < -0.3 is 4.74 Å². The van der Waals surface area contributed by atoms with Crippen molar-refractivity contribution in [2.45, 2.75) is 52.6 Å². The predicted octanol–water partition coefficient (Wildman–Crippen LogP) is 5.14. The van der Waals surface area contributed by atoms with Crippen molar-refractivity contribution < 1.29 is 4.74 Å². The molecular weight excluding hydrogens is 258 g/mol. The monoisotopic (exact) mass is 283 g/mol. The van der Waals surface area contributed by atoms with Gasteiger partial charge in [0.15, 0.2) is 0 Å². The highest BCUT2D eigenvalue weighted by Gasteiger charge is 2.24. The number of rotatable bonds is 3. The van der Waals surface area contributed by atoms with Gasteiger partial charge in [-0.15, -0.1) is 0 Å². The summed E-state index contributed by atoms with van der Waals surface area (Å²) in [6, 6.07) is 10.4. The standard InChI is InChI=1S/C19H25NO/c1-13(2)15-6-8-17(9-7-15)21-18-10-11-19-16(12-18)5-4-14(3)20-19/h4-5,10-13,15,17H,6-9H2,1-3H3. The Bertz CT molecular complexity index is 612. The van der Waals surface area contributed by atoms with Crippen LogP contribution in [-0.2, 0) is 0 Å². The third-order valence-electron chi connectivity index (χ3n) is 4.76. The first-order valence-corrected chi connectivity index (χ1v) is 8.16. The van der Waals surface area contributed by atoms with E-state index in [1.165, 1.54) is 25.7 Å². The molecule has 0 aliphatic heterocycles. The lowest BCUT2D eigenvalue weighted by Gasteiger charge is -2.31. The fourth-order valence-corrected chi connectivity index (χ4v) is 3.34.